The van der Waals surface area contributed by atoms with Crippen molar-refractivity contribution >= 4 is 0 Å². The first kappa shape index (κ1) is 18.7. The molecule has 1 unspecified atom stereocenters. The third kappa shape index (κ3) is 8.44. The molecule has 0 radical (unpaired) electrons. The fraction of sp³-hybridized carbons (Fsp3) is 1.00. The minimum atomic E-state index is -4.14. The monoisotopic (exact) mass is 284 g/mol. The van der Waals surface area contributed by atoms with Crippen molar-refractivity contribution < 1.29 is 18.3 Å². The zero-order valence-corrected chi connectivity index (χ0v) is 12.2. The van der Waals surface area contributed by atoms with Crippen molar-refractivity contribution in [1.82, 2.24) is 10.2 Å². The first-order chi connectivity index (χ1) is 8.78. The van der Waals surface area contributed by atoms with Crippen molar-refractivity contribution in [3.8, 4) is 0 Å². The van der Waals surface area contributed by atoms with E-state index in [1.165, 1.54) is 11.9 Å². The van der Waals surface area contributed by atoms with Crippen molar-refractivity contribution in [2.24, 2.45) is 0 Å². The van der Waals surface area contributed by atoms with Crippen LogP contribution in [-0.2, 0) is 0 Å². The molecule has 116 valence electrons. The van der Waals surface area contributed by atoms with E-state index in [9.17, 15) is 18.3 Å². The van der Waals surface area contributed by atoms with Gasteiger partial charge >= 0.3 is 6.18 Å². The van der Waals surface area contributed by atoms with Gasteiger partial charge in [0.05, 0.1) is 13.2 Å². The molecule has 0 aliphatic carbocycles. The summed E-state index contributed by atoms with van der Waals surface area (Å²) < 4.78 is 36.5. The van der Waals surface area contributed by atoms with Crippen LogP contribution in [0.4, 0.5) is 13.2 Å². The topological polar surface area (TPSA) is 35.5 Å². The van der Waals surface area contributed by atoms with Crippen LogP contribution >= 0.6 is 0 Å². The second-order valence-corrected chi connectivity index (χ2v) is 5.18. The molecule has 19 heavy (non-hydrogen) atoms. The molecule has 0 bridgehead atoms. The molecule has 0 fully saturated rings. The summed E-state index contributed by atoms with van der Waals surface area (Å²) in [7, 11) is 1.47. The van der Waals surface area contributed by atoms with Gasteiger partial charge in [-0.1, -0.05) is 13.8 Å². The van der Waals surface area contributed by atoms with Gasteiger partial charge in [-0.3, -0.25) is 4.90 Å². The molecule has 0 rings (SSSR count). The van der Waals surface area contributed by atoms with Crippen LogP contribution in [0.5, 0.6) is 0 Å². The Morgan fingerprint density at radius 3 is 2.26 bits per heavy atom. The van der Waals surface area contributed by atoms with Crippen LogP contribution in [0.1, 0.15) is 39.5 Å². The molecule has 3 nitrogen and oxygen atoms in total. The van der Waals surface area contributed by atoms with Crippen LogP contribution < -0.4 is 5.32 Å². The molecular weight excluding hydrogens is 257 g/mol. The first-order valence-corrected chi connectivity index (χ1v) is 6.89. The molecule has 0 saturated heterocycles. The van der Waals surface area contributed by atoms with Crippen LogP contribution in [0.15, 0.2) is 0 Å². The highest BCUT2D eigenvalue weighted by Gasteiger charge is 2.30. The van der Waals surface area contributed by atoms with Gasteiger partial charge in [-0.05, 0) is 45.8 Å². The fourth-order valence-corrected chi connectivity index (χ4v) is 2.10. The molecule has 1 atom stereocenters. The highest BCUT2D eigenvalue weighted by molar-refractivity contribution is 4.86. The summed E-state index contributed by atoms with van der Waals surface area (Å²) in [6.45, 7) is 4.36. The second kappa shape index (κ2) is 8.76. The largest absolute Gasteiger partial charge is 0.401 e. The number of alkyl halides is 3. The summed E-state index contributed by atoms with van der Waals surface area (Å²) in [6.07, 6.45) is -1.09. The molecule has 6 heteroatoms. The SMILES string of the molecule is CCCNC(CC)(CO)CCCN(C)CC(F)(F)F. The van der Waals surface area contributed by atoms with Crippen molar-refractivity contribution in [1.29, 1.82) is 0 Å². The van der Waals surface area contributed by atoms with E-state index in [2.05, 4.69) is 5.32 Å². The quantitative estimate of drug-likeness (QED) is 0.646. The number of rotatable bonds is 10. The molecule has 0 heterocycles. The van der Waals surface area contributed by atoms with Crippen molar-refractivity contribution in [2.75, 3.05) is 33.3 Å². The van der Waals surface area contributed by atoms with Crippen LogP contribution in [0.3, 0.4) is 0 Å². The molecule has 0 spiro atoms. The third-order valence-electron chi connectivity index (χ3n) is 3.37. The summed E-state index contributed by atoms with van der Waals surface area (Å²) in [6, 6.07) is 0. The predicted octanol–water partition coefficient (Wildman–Crippen LogP) is 2.40. The summed E-state index contributed by atoms with van der Waals surface area (Å²) in [5.74, 6) is 0. The number of nitrogens with one attached hydrogen (secondary N) is 1. The highest BCUT2D eigenvalue weighted by Crippen LogP contribution is 2.19. The van der Waals surface area contributed by atoms with Gasteiger partial charge in [0.15, 0.2) is 0 Å². The van der Waals surface area contributed by atoms with E-state index in [1.54, 1.807) is 0 Å². The average molecular weight is 284 g/mol. The summed E-state index contributed by atoms with van der Waals surface area (Å²) in [5, 5.41) is 12.8. The normalized spacial score (nSPS) is 15.8. The van der Waals surface area contributed by atoms with Gasteiger partial charge in [0, 0.05) is 5.54 Å². The minimum Gasteiger partial charge on any atom is -0.394 e. The van der Waals surface area contributed by atoms with Crippen molar-refractivity contribution in [3.05, 3.63) is 0 Å². The van der Waals surface area contributed by atoms with E-state index in [-0.39, 0.29) is 12.1 Å². The fourth-order valence-electron chi connectivity index (χ4n) is 2.10. The van der Waals surface area contributed by atoms with Gasteiger partial charge in [0.25, 0.3) is 0 Å². The Kier molecular flexibility index (Phi) is 8.61. The van der Waals surface area contributed by atoms with E-state index in [0.29, 0.717) is 19.4 Å². The molecular formula is C13H27F3N2O. The first-order valence-electron chi connectivity index (χ1n) is 6.89. The molecule has 0 amide bonds. The van der Waals surface area contributed by atoms with Gasteiger partial charge in [-0.25, -0.2) is 0 Å². The van der Waals surface area contributed by atoms with E-state index >= 15 is 0 Å². The smallest absolute Gasteiger partial charge is 0.394 e. The summed E-state index contributed by atoms with van der Waals surface area (Å²) in [4.78, 5) is 1.28. The zero-order chi connectivity index (χ0) is 14.9. The minimum absolute atomic E-state index is 0.0203. The van der Waals surface area contributed by atoms with Crippen molar-refractivity contribution in [2.45, 2.75) is 51.2 Å². The molecule has 2 N–H and O–H groups in total. The summed E-state index contributed by atoms with van der Waals surface area (Å²) >= 11 is 0. The molecule has 0 aliphatic rings. The lowest BCUT2D eigenvalue weighted by Gasteiger charge is -2.33. The maximum absolute atomic E-state index is 12.2. The predicted molar refractivity (Wildman–Crippen MR) is 71.2 cm³/mol. The zero-order valence-electron chi connectivity index (χ0n) is 12.2. The van der Waals surface area contributed by atoms with E-state index in [0.717, 1.165) is 19.4 Å². The molecule has 0 aromatic carbocycles. The summed E-state index contributed by atoms with van der Waals surface area (Å²) in [5.41, 5.74) is -0.352. The van der Waals surface area contributed by atoms with E-state index in [4.69, 9.17) is 0 Å². The van der Waals surface area contributed by atoms with Crippen LogP contribution in [0.2, 0.25) is 0 Å². The maximum Gasteiger partial charge on any atom is 0.401 e. The molecule has 0 aliphatic heterocycles. The standard InChI is InChI=1S/C13H27F3N2O/c1-4-8-17-12(5-2,11-19)7-6-9-18(3)10-13(14,15)16/h17,19H,4-11H2,1-3H3. The van der Waals surface area contributed by atoms with Gasteiger partial charge in [-0.15, -0.1) is 0 Å². The average Bonchev–Trinajstić information content (AvgIpc) is 2.31. The van der Waals surface area contributed by atoms with E-state index < -0.39 is 12.7 Å². The Hall–Kier alpha value is -0.330. The van der Waals surface area contributed by atoms with E-state index in [1.807, 2.05) is 13.8 Å². The Morgan fingerprint density at radius 2 is 1.84 bits per heavy atom. The van der Waals surface area contributed by atoms with Gasteiger partial charge < -0.3 is 10.4 Å². The van der Waals surface area contributed by atoms with Gasteiger partial charge in [0.1, 0.15) is 0 Å². The number of hydrogen-bond donors (Lipinski definition) is 2. The van der Waals surface area contributed by atoms with Gasteiger partial charge in [-0.2, -0.15) is 13.2 Å². The Labute approximate surface area is 114 Å². The number of halogens is 3. The molecule has 0 aromatic heterocycles. The molecule has 0 saturated carbocycles. The van der Waals surface area contributed by atoms with Crippen LogP contribution in [0.25, 0.3) is 0 Å². The van der Waals surface area contributed by atoms with Crippen molar-refractivity contribution in [3.63, 3.8) is 0 Å². The number of hydrogen-bond acceptors (Lipinski definition) is 3. The Bertz CT molecular complexity index is 230. The third-order valence-corrected chi connectivity index (χ3v) is 3.37. The lowest BCUT2D eigenvalue weighted by molar-refractivity contribution is -0.143. The second-order valence-electron chi connectivity index (χ2n) is 5.18. The highest BCUT2D eigenvalue weighted by atomic mass is 19.4. The maximum atomic E-state index is 12.2. The number of aliphatic hydroxyl groups is 1. The van der Waals surface area contributed by atoms with Crippen LogP contribution in [-0.4, -0.2) is 55.0 Å². The van der Waals surface area contributed by atoms with Gasteiger partial charge in [0.2, 0.25) is 0 Å². The molecule has 0 aromatic rings. The van der Waals surface area contributed by atoms with Crippen LogP contribution in [0, 0.1) is 0 Å². The lowest BCUT2D eigenvalue weighted by atomic mass is 9.91. The number of aliphatic hydroxyl groups excluding tert-OH is 1. The Morgan fingerprint density at radius 1 is 1.21 bits per heavy atom. The lowest BCUT2D eigenvalue weighted by Crippen LogP contribution is -2.48. The number of nitrogens with zero attached hydrogens (tertiary/aromatic N) is 1. The Balaban J connectivity index is 4.11.